The molecule has 260 valence electrons. The molecule has 0 amide bonds. The van der Waals surface area contributed by atoms with E-state index in [0.29, 0.717) is 26.3 Å². The van der Waals surface area contributed by atoms with Crippen LogP contribution in [-0.2, 0) is 22.8 Å². The number of nitrogens with one attached hydrogen (secondary N) is 2. The van der Waals surface area contributed by atoms with Crippen LogP contribution in [0.2, 0.25) is 0 Å². The topological polar surface area (TPSA) is 49.0 Å². The lowest BCUT2D eigenvalue weighted by molar-refractivity contribution is 0.0241. The van der Waals surface area contributed by atoms with Gasteiger partial charge in [-0.2, -0.15) is 11.0 Å². The molecule has 3 aromatic carbocycles. The zero-order valence-corrected chi connectivity index (χ0v) is 29.4. The second-order valence-electron chi connectivity index (χ2n) is 13.4. The summed E-state index contributed by atoms with van der Waals surface area (Å²) in [4.78, 5) is 16.4. The Hall–Kier alpha value is -2.72. The maximum atomic E-state index is 13.6. The van der Waals surface area contributed by atoms with E-state index in [-0.39, 0.29) is 23.5 Å². The molecule has 0 heterocycles. The van der Waals surface area contributed by atoms with Crippen LogP contribution in [0, 0.1) is 18.6 Å². The van der Waals surface area contributed by atoms with E-state index in [1.165, 1.54) is 42.7 Å². The number of nitrogens with zero attached hydrogens (tertiary/aromatic N) is 2. The van der Waals surface area contributed by atoms with Crippen molar-refractivity contribution in [3.8, 4) is 0 Å². The van der Waals surface area contributed by atoms with Crippen LogP contribution in [0.1, 0.15) is 91.0 Å². The Morgan fingerprint density at radius 2 is 0.979 bits per heavy atom. The second kappa shape index (κ2) is 22.0. The molecule has 47 heavy (non-hydrogen) atoms. The Bertz CT molecular complexity index is 1160. The van der Waals surface area contributed by atoms with Crippen molar-refractivity contribution in [2.24, 2.45) is 0 Å². The van der Waals surface area contributed by atoms with Crippen LogP contribution in [0.3, 0.4) is 0 Å². The van der Waals surface area contributed by atoms with E-state index in [1.54, 1.807) is 0 Å². The van der Waals surface area contributed by atoms with Crippen LogP contribution < -0.4 is 11.0 Å². The molecule has 6 nitrogen and oxygen atoms in total. The molecule has 0 aromatic heterocycles. The molecule has 0 aliphatic rings. The van der Waals surface area contributed by atoms with Crippen molar-refractivity contribution in [3.05, 3.63) is 106 Å². The molecule has 3 aromatic rings. The van der Waals surface area contributed by atoms with Gasteiger partial charge in [-0.3, -0.25) is 0 Å². The van der Waals surface area contributed by atoms with Gasteiger partial charge in [0, 0.05) is 24.9 Å². The molecule has 0 saturated carbocycles. The third-order valence-corrected chi connectivity index (χ3v) is 8.52. The van der Waals surface area contributed by atoms with Gasteiger partial charge in [0.15, 0.2) is 0 Å². The van der Waals surface area contributed by atoms with Gasteiger partial charge in [-0.15, -0.1) is 0 Å². The predicted molar refractivity (Wildman–Crippen MR) is 189 cm³/mol. The molecule has 2 atom stereocenters. The zero-order valence-electron chi connectivity index (χ0n) is 29.4. The fourth-order valence-corrected chi connectivity index (χ4v) is 5.89. The maximum Gasteiger partial charge on any atom is 0.123 e. The summed E-state index contributed by atoms with van der Waals surface area (Å²) in [5.41, 5.74) is 12.0. The monoisotopic (exact) mass is 652 g/mol. The Balaban J connectivity index is 1.46. The van der Waals surface area contributed by atoms with Gasteiger partial charge in [0.1, 0.15) is 11.6 Å². The highest BCUT2D eigenvalue weighted by Crippen LogP contribution is 2.25. The molecule has 0 radical (unpaired) electrons. The number of aryl methyl sites for hydroxylation is 1. The Morgan fingerprint density at radius 1 is 0.574 bits per heavy atom. The number of hydroxylamine groups is 2. The Kier molecular flexibility index (Phi) is 18.1. The van der Waals surface area contributed by atoms with Crippen LogP contribution in [0.5, 0.6) is 0 Å². The van der Waals surface area contributed by atoms with Crippen LogP contribution in [0.4, 0.5) is 8.78 Å². The van der Waals surface area contributed by atoms with Gasteiger partial charge in [0.05, 0.1) is 13.2 Å². The minimum absolute atomic E-state index is 0.202. The van der Waals surface area contributed by atoms with Gasteiger partial charge in [-0.1, -0.05) is 73.7 Å². The van der Waals surface area contributed by atoms with Crippen LogP contribution in [-0.4, -0.2) is 64.3 Å². The summed E-state index contributed by atoms with van der Waals surface area (Å²) in [7, 11) is 8.41. The summed E-state index contributed by atoms with van der Waals surface area (Å²) in [5, 5.41) is 0. The summed E-state index contributed by atoms with van der Waals surface area (Å²) in [6, 6.07) is 20.1. The summed E-state index contributed by atoms with van der Waals surface area (Å²) in [5.74, 6) is -0.0274. The largest absolute Gasteiger partial charge is 0.309 e. The summed E-state index contributed by atoms with van der Waals surface area (Å²) >= 11 is 0. The maximum absolute atomic E-state index is 13.6. The van der Waals surface area contributed by atoms with Gasteiger partial charge in [-0.25, -0.2) is 8.78 Å². The fourth-order valence-electron chi connectivity index (χ4n) is 5.89. The van der Waals surface area contributed by atoms with Crippen molar-refractivity contribution in [3.63, 3.8) is 0 Å². The quantitative estimate of drug-likeness (QED) is 0.0753. The number of halogens is 2. The summed E-state index contributed by atoms with van der Waals surface area (Å²) in [6.45, 7) is 6.48. The molecule has 0 fully saturated rings. The fraction of sp³-hybridized carbons (Fsp3) is 0.538. The normalized spacial score (nSPS) is 13.0. The van der Waals surface area contributed by atoms with E-state index >= 15 is 0 Å². The molecule has 8 heteroatoms. The van der Waals surface area contributed by atoms with Crippen LogP contribution in [0.25, 0.3) is 0 Å². The SMILES string of the molecule is Cc1cc(CNOCC(CCCCCN(C)C)c2ccc(F)cc2)cc(CNOCC(CCCCCN(C)C)c2ccc(F)cc2)c1. The molecule has 0 saturated heterocycles. The third-order valence-electron chi connectivity index (χ3n) is 8.52. The average Bonchev–Trinajstić information content (AvgIpc) is 3.03. The second-order valence-corrected chi connectivity index (χ2v) is 13.4. The highest BCUT2D eigenvalue weighted by molar-refractivity contribution is 5.29. The predicted octanol–water partition coefficient (Wildman–Crippen LogP) is 8.13. The molecular formula is C39H58F2N4O2. The van der Waals surface area contributed by atoms with E-state index in [2.05, 4.69) is 74.1 Å². The lowest BCUT2D eigenvalue weighted by Gasteiger charge is -2.19. The van der Waals surface area contributed by atoms with Crippen molar-refractivity contribution in [1.82, 2.24) is 20.8 Å². The minimum atomic E-state index is -0.216. The first-order valence-electron chi connectivity index (χ1n) is 17.3. The van der Waals surface area contributed by atoms with Gasteiger partial charge in [0.2, 0.25) is 0 Å². The summed E-state index contributed by atoms with van der Waals surface area (Å²) < 4.78 is 27.1. The number of hydrogen-bond acceptors (Lipinski definition) is 6. The number of rotatable bonds is 24. The highest BCUT2D eigenvalue weighted by Gasteiger charge is 2.14. The lowest BCUT2D eigenvalue weighted by atomic mass is 9.94. The van der Waals surface area contributed by atoms with Crippen molar-refractivity contribution in [2.75, 3.05) is 54.5 Å². The van der Waals surface area contributed by atoms with Crippen molar-refractivity contribution in [2.45, 2.75) is 83.2 Å². The van der Waals surface area contributed by atoms with Crippen molar-refractivity contribution in [1.29, 1.82) is 0 Å². The smallest absolute Gasteiger partial charge is 0.123 e. The van der Waals surface area contributed by atoms with E-state index in [9.17, 15) is 8.78 Å². The van der Waals surface area contributed by atoms with E-state index in [1.807, 2.05) is 24.3 Å². The molecule has 0 spiro atoms. The van der Waals surface area contributed by atoms with Crippen molar-refractivity contribution >= 4 is 0 Å². The first-order valence-corrected chi connectivity index (χ1v) is 17.3. The Labute approximate surface area is 282 Å². The number of benzene rings is 3. The number of hydrogen-bond donors (Lipinski definition) is 2. The van der Waals surface area contributed by atoms with Gasteiger partial charge < -0.3 is 19.5 Å². The van der Waals surface area contributed by atoms with Gasteiger partial charge in [-0.05, 0) is 120 Å². The molecule has 0 aliphatic heterocycles. The molecule has 2 N–H and O–H groups in total. The highest BCUT2D eigenvalue weighted by atomic mass is 19.1. The Morgan fingerprint density at radius 3 is 1.36 bits per heavy atom. The van der Waals surface area contributed by atoms with Gasteiger partial charge in [0.25, 0.3) is 0 Å². The molecular weight excluding hydrogens is 594 g/mol. The molecule has 3 rings (SSSR count). The van der Waals surface area contributed by atoms with Crippen LogP contribution >= 0.6 is 0 Å². The van der Waals surface area contributed by atoms with E-state index in [4.69, 9.17) is 9.68 Å². The van der Waals surface area contributed by atoms with E-state index in [0.717, 1.165) is 73.9 Å². The van der Waals surface area contributed by atoms with Crippen LogP contribution in [0.15, 0.2) is 66.7 Å². The molecule has 0 bridgehead atoms. The molecule has 0 aliphatic carbocycles. The minimum Gasteiger partial charge on any atom is -0.309 e. The molecule has 2 unspecified atom stereocenters. The first kappa shape index (κ1) is 38.7. The van der Waals surface area contributed by atoms with Gasteiger partial charge >= 0.3 is 0 Å². The third kappa shape index (κ3) is 16.3. The average molecular weight is 653 g/mol. The van der Waals surface area contributed by atoms with Crippen molar-refractivity contribution < 1.29 is 18.5 Å². The standard InChI is InChI=1S/C39H58F2N4O2/c1-31-24-32(27-42-46-29-36(12-8-6-10-22-44(2)3)34-14-18-38(40)19-15-34)26-33(25-31)28-43-47-30-37(13-9-7-11-23-45(4)5)35-16-20-39(41)21-17-35/h14-21,24-26,36-37,42-43H,6-13,22-23,27-30H2,1-5H3. The summed E-state index contributed by atoms with van der Waals surface area (Å²) in [6.07, 6.45) is 8.88. The van der Waals surface area contributed by atoms with E-state index < -0.39 is 0 Å². The first-order chi connectivity index (χ1) is 22.7. The zero-order chi connectivity index (χ0) is 33.9. The lowest BCUT2D eigenvalue weighted by Crippen LogP contribution is -2.20. The number of unbranched alkanes of at least 4 members (excludes halogenated alkanes) is 4.